The molecule has 2 rings (SSSR count). The predicted molar refractivity (Wildman–Crippen MR) is 68.8 cm³/mol. The Kier molecular flexibility index (Phi) is 4.36. The molecule has 0 aromatic carbocycles. The van der Waals surface area contributed by atoms with Crippen molar-refractivity contribution in [3.8, 4) is 0 Å². The van der Waals surface area contributed by atoms with E-state index >= 15 is 0 Å². The number of nitrogens with zero attached hydrogens (tertiary/aromatic N) is 1. The lowest BCUT2D eigenvalue weighted by Gasteiger charge is -2.19. The van der Waals surface area contributed by atoms with E-state index in [9.17, 15) is 13.2 Å². The van der Waals surface area contributed by atoms with Crippen LogP contribution in [0.15, 0.2) is 11.5 Å². The highest BCUT2D eigenvalue weighted by molar-refractivity contribution is 7.94. The second kappa shape index (κ2) is 5.81. The van der Waals surface area contributed by atoms with E-state index < -0.39 is 9.84 Å². The van der Waals surface area contributed by atoms with E-state index in [4.69, 9.17) is 0 Å². The fraction of sp³-hybridized carbons (Fsp3) is 0.727. The van der Waals surface area contributed by atoms with Crippen molar-refractivity contribution in [3.05, 3.63) is 11.5 Å². The highest BCUT2D eigenvalue weighted by atomic mass is 32.2. The van der Waals surface area contributed by atoms with Crippen LogP contribution in [-0.2, 0) is 14.6 Å². The van der Waals surface area contributed by atoms with Gasteiger partial charge in [0.1, 0.15) is 0 Å². The smallest absolute Gasteiger partial charge is 0.234 e. The molecule has 0 saturated carbocycles. The van der Waals surface area contributed by atoms with Crippen LogP contribution in [0.1, 0.15) is 6.42 Å². The van der Waals surface area contributed by atoms with Crippen LogP contribution in [0.5, 0.6) is 0 Å². The SMILES string of the molecule is O=C(CN1CCCNCC1)NC1C=CS(=O)(=O)C1. The van der Waals surface area contributed by atoms with Gasteiger partial charge in [0.2, 0.25) is 5.91 Å². The molecule has 102 valence electrons. The van der Waals surface area contributed by atoms with Gasteiger partial charge in [0.25, 0.3) is 0 Å². The molecule has 2 heterocycles. The molecule has 0 aliphatic carbocycles. The van der Waals surface area contributed by atoms with Crippen LogP contribution in [0.2, 0.25) is 0 Å². The molecule has 1 amide bonds. The molecule has 0 aromatic heterocycles. The Morgan fingerprint density at radius 1 is 1.39 bits per heavy atom. The molecular weight excluding hydrogens is 254 g/mol. The van der Waals surface area contributed by atoms with Gasteiger partial charge in [-0.25, -0.2) is 8.42 Å². The second-order valence-electron chi connectivity index (χ2n) is 4.71. The molecule has 2 aliphatic heterocycles. The zero-order valence-corrected chi connectivity index (χ0v) is 11.1. The average Bonchev–Trinajstić information content (AvgIpc) is 2.52. The maximum absolute atomic E-state index is 11.8. The van der Waals surface area contributed by atoms with E-state index in [1.807, 2.05) is 0 Å². The van der Waals surface area contributed by atoms with E-state index in [1.165, 1.54) is 11.5 Å². The number of hydrogen-bond donors (Lipinski definition) is 2. The van der Waals surface area contributed by atoms with E-state index in [0.717, 1.165) is 32.6 Å². The molecule has 0 bridgehead atoms. The Morgan fingerprint density at radius 2 is 2.22 bits per heavy atom. The monoisotopic (exact) mass is 273 g/mol. The van der Waals surface area contributed by atoms with Crippen LogP contribution in [0.3, 0.4) is 0 Å². The number of amides is 1. The van der Waals surface area contributed by atoms with Crippen molar-refractivity contribution in [3.63, 3.8) is 0 Å². The summed E-state index contributed by atoms with van der Waals surface area (Å²) in [5.41, 5.74) is 0. The number of hydrogen-bond acceptors (Lipinski definition) is 5. The summed E-state index contributed by atoms with van der Waals surface area (Å²) in [6.07, 6.45) is 2.57. The third-order valence-electron chi connectivity index (χ3n) is 3.08. The highest BCUT2D eigenvalue weighted by Crippen LogP contribution is 2.07. The quantitative estimate of drug-likeness (QED) is 0.669. The summed E-state index contributed by atoms with van der Waals surface area (Å²) in [5.74, 6) is -0.121. The first-order valence-electron chi connectivity index (χ1n) is 6.18. The van der Waals surface area contributed by atoms with Crippen LogP contribution in [-0.4, -0.2) is 63.7 Å². The molecule has 1 saturated heterocycles. The van der Waals surface area contributed by atoms with Crippen molar-refractivity contribution in [2.75, 3.05) is 38.5 Å². The van der Waals surface area contributed by atoms with E-state index in [2.05, 4.69) is 15.5 Å². The lowest BCUT2D eigenvalue weighted by Crippen LogP contribution is -2.43. The van der Waals surface area contributed by atoms with Gasteiger partial charge in [-0.15, -0.1) is 0 Å². The third kappa shape index (κ3) is 4.08. The van der Waals surface area contributed by atoms with E-state index in [-0.39, 0.29) is 17.7 Å². The molecule has 1 fully saturated rings. The predicted octanol–water partition coefficient (Wildman–Crippen LogP) is -1.29. The normalized spacial score (nSPS) is 27.9. The standard InChI is InChI=1S/C11H19N3O3S/c15-11(8-14-5-1-3-12-4-6-14)13-10-2-7-18(16,17)9-10/h2,7,10,12H,1,3-6,8-9H2,(H,13,15). The minimum atomic E-state index is -3.10. The molecule has 0 spiro atoms. The fourth-order valence-corrected chi connectivity index (χ4v) is 3.42. The van der Waals surface area contributed by atoms with Crippen LogP contribution in [0, 0.1) is 0 Å². The molecular formula is C11H19N3O3S. The number of rotatable bonds is 3. The summed E-state index contributed by atoms with van der Waals surface area (Å²) in [7, 11) is -3.10. The van der Waals surface area contributed by atoms with E-state index in [0.29, 0.717) is 6.54 Å². The summed E-state index contributed by atoms with van der Waals surface area (Å²) in [6, 6.07) is -0.368. The molecule has 1 unspecified atom stereocenters. The molecule has 2 aliphatic rings. The molecule has 2 N–H and O–H groups in total. The first kappa shape index (κ1) is 13.5. The Balaban J connectivity index is 1.77. The van der Waals surface area contributed by atoms with Gasteiger partial charge in [-0.05, 0) is 25.6 Å². The lowest BCUT2D eigenvalue weighted by molar-refractivity contribution is -0.122. The summed E-state index contributed by atoms with van der Waals surface area (Å²) >= 11 is 0. The number of carbonyl (C=O) groups excluding carboxylic acids is 1. The molecule has 1 atom stereocenters. The van der Waals surface area contributed by atoms with Crippen molar-refractivity contribution in [1.82, 2.24) is 15.5 Å². The Labute approximate surface area is 107 Å². The van der Waals surface area contributed by atoms with Crippen LogP contribution in [0.25, 0.3) is 0 Å². The van der Waals surface area contributed by atoms with Gasteiger partial charge in [-0.1, -0.05) is 0 Å². The van der Waals surface area contributed by atoms with E-state index in [1.54, 1.807) is 0 Å². The van der Waals surface area contributed by atoms with Crippen molar-refractivity contribution < 1.29 is 13.2 Å². The van der Waals surface area contributed by atoms with Crippen molar-refractivity contribution in [2.45, 2.75) is 12.5 Å². The van der Waals surface area contributed by atoms with Gasteiger partial charge >= 0.3 is 0 Å². The minimum absolute atomic E-state index is 0.0136. The molecule has 7 heteroatoms. The van der Waals surface area contributed by atoms with Gasteiger partial charge in [-0.2, -0.15) is 0 Å². The minimum Gasteiger partial charge on any atom is -0.348 e. The van der Waals surface area contributed by atoms with Gasteiger partial charge in [0.05, 0.1) is 18.3 Å². The topological polar surface area (TPSA) is 78.5 Å². The summed E-state index contributed by atoms with van der Waals surface area (Å²) in [5, 5.41) is 7.18. The van der Waals surface area contributed by atoms with Gasteiger partial charge < -0.3 is 10.6 Å². The zero-order chi connectivity index (χ0) is 13.0. The number of sulfone groups is 1. The van der Waals surface area contributed by atoms with Gasteiger partial charge in [0.15, 0.2) is 9.84 Å². The van der Waals surface area contributed by atoms with Crippen LogP contribution < -0.4 is 10.6 Å². The Bertz CT molecular complexity index is 425. The maximum atomic E-state index is 11.8. The van der Waals surface area contributed by atoms with Crippen LogP contribution in [0.4, 0.5) is 0 Å². The van der Waals surface area contributed by atoms with Crippen molar-refractivity contribution in [2.24, 2.45) is 0 Å². The molecule has 18 heavy (non-hydrogen) atoms. The fourth-order valence-electron chi connectivity index (χ4n) is 2.18. The molecule has 0 aromatic rings. The lowest BCUT2D eigenvalue weighted by atomic mass is 10.3. The first-order chi connectivity index (χ1) is 8.55. The second-order valence-corrected chi connectivity index (χ2v) is 6.64. The van der Waals surface area contributed by atoms with Gasteiger partial charge in [-0.3, -0.25) is 9.69 Å². The summed E-state index contributed by atoms with van der Waals surface area (Å²) < 4.78 is 22.4. The van der Waals surface area contributed by atoms with Crippen molar-refractivity contribution >= 4 is 15.7 Å². The summed E-state index contributed by atoms with van der Waals surface area (Å²) in [4.78, 5) is 13.9. The highest BCUT2D eigenvalue weighted by Gasteiger charge is 2.23. The third-order valence-corrected chi connectivity index (χ3v) is 4.47. The average molecular weight is 273 g/mol. The Morgan fingerprint density at radius 3 is 2.94 bits per heavy atom. The molecule has 0 radical (unpaired) electrons. The first-order valence-corrected chi connectivity index (χ1v) is 7.90. The van der Waals surface area contributed by atoms with Gasteiger partial charge in [0, 0.05) is 18.5 Å². The summed E-state index contributed by atoms with van der Waals surface area (Å²) in [6.45, 7) is 3.98. The molecule has 6 nitrogen and oxygen atoms in total. The zero-order valence-electron chi connectivity index (χ0n) is 10.3. The largest absolute Gasteiger partial charge is 0.348 e. The maximum Gasteiger partial charge on any atom is 0.234 e. The Hall–Kier alpha value is -0.920. The van der Waals surface area contributed by atoms with Crippen molar-refractivity contribution in [1.29, 1.82) is 0 Å². The number of carbonyl (C=O) groups is 1. The number of nitrogens with one attached hydrogen (secondary N) is 2. The van der Waals surface area contributed by atoms with Crippen LogP contribution >= 0.6 is 0 Å².